The molecule has 0 spiro atoms. The second-order valence-electron chi connectivity index (χ2n) is 11.5. The zero-order chi connectivity index (χ0) is 31.6. The Labute approximate surface area is 251 Å². The Hall–Kier alpha value is -5.00. The first-order valence-electron chi connectivity index (χ1n) is 14.2. The highest BCUT2D eigenvalue weighted by Crippen LogP contribution is 2.49. The fourth-order valence-electron chi connectivity index (χ4n) is 6.37. The van der Waals surface area contributed by atoms with Crippen LogP contribution in [0.3, 0.4) is 0 Å². The third-order valence-electron chi connectivity index (χ3n) is 8.28. The number of hydrogen-bond donors (Lipinski definition) is 2. The third kappa shape index (κ3) is 4.27. The molecule has 2 N–H and O–H groups in total. The number of benzene rings is 2. The van der Waals surface area contributed by atoms with E-state index in [4.69, 9.17) is 4.74 Å². The summed E-state index contributed by atoms with van der Waals surface area (Å²) >= 11 is 0. The number of carbonyl (C=O) groups is 1. The molecule has 1 saturated heterocycles. The number of aromatic nitrogens is 3. The minimum atomic E-state index is -1.20. The molecule has 0 aliphatic carbocycles. The van der Waals surface area contributed by atoms with E-state index in [1.807, 2.05) is 20.8 Å². The first-order chi connectivity index (χ1) is 21.0. The zero-order valence-electron chi connectivity index (χ0n) is 24.6. The summed E-state index contributed by atoms with van der Waals surface area (Å²) in [6.07, 6.45) is 2.79. The lowest BCUT2D eigenvalue weighted by atomic mass is 9.97. The van der Waals surface area contributed by atoms with Gasteiger partial charge in [-0.05, 0) is 49.6 Å². The summed E-state index contributed by atoms with van der Waals surface area (Å²) in [5.41, 5.74) is -1.08. The molecular weight excluding hydrogens is 572 g/mol. The van der Waals surface area contributed by atoms with Gasteiger partial charge in [0.2, 0.25) is 5.91 Å². The molecule has 10 nitrogen and oxygen atoms in total. The van der Waals surface area contributed by atoms with Gasteiger partial charge in [-0.15, -0.1) is 0 Å². The number of halogens is 2. The largest absolute Gasteiger partial charge is 0.507 e. The van der Waals surface area contributed by atoms with Crippen LogP contribution in [-0.4, -0.2) is 67.3 Å². The third-order valence-corrected chi connectivity index (χ3v) is 8.28. The zero-order valence-corrected chi connectivity index (χ0v) is 24.6. The molecule has 2 atom stereocenters. The summed E-state index contributed by atoms with van der Waals surface area (Å²) in [7, 11) is 0. The first-order valence-corrected chi connectivity index (χ1v) is 14.2. The van der Waals surface area contributed by atoms with E-state index in [9.17, 15) is 19.8 Å². The minimum Gasteiger partial charge on any atom is -0.507 e. The van der Waals surface area contributed by atoms with Crippen LogP contribution in [-0.2, 0) is 4.79 Å². The molecule has 4 aromatic rings. The smallest absolute Gasteiger partial charge is 0.354 e. The van der Waals surface area contributed by atoms with Gasteiger partial charge < -0.3 is 24.7 Å². The van der Waals surface area contributed by atoms with Crippen LogP contribution >= 0.6 is 0 Å². The average Bonchev–Trinajstić information content (AvgIpc) is 3.14. The van der Waals surface area contributed by atoms with Crippen LogP contribution in [0.1, 0.15) is 37.9 Å². The predicted molar refractivity (Wildman–Crippen MR) is 161 cm³/mol. The highest BCUT2D eigenvalue weighted by atomic mass is 19.1. The molecule has 2 aromatic carbocycles. The summed E-state index contributed by atoms with van der Waals surface area (Å²) in [5.74, 6) is -4.41. The van der Waals surface area contributed by atoms with Crippen LogP contribution in [0, 0.1) is 18.6 Å². The van der Waals surface area contributed by atoms with Gasteiger partial charge in [-0.2, -0.15) is 4.98 Å². The molecule has 12 heteroatoms. The number of anilines is 1. The van der Waals surface area contributed by atoms with Crippen molar-refractivity contribution in [1.82, 2.24) is 19.4 Å². The van der Waals surface area contributed by atoms with Gasteiger partial charge in [0, 0.05) is 25.3 Å². The van der Waals surface area contributed by atoms with Gasteiger partial charge in [0.15, 0.2) is 17.4 Å². The number of phenols is 2. The van der Waals surface area contributed by atoms with E-state index in [1.54, 1.807) is 29.0 Å². The van der Waals surface area contributed by atoms with E-state index in [0.717, 1.165) is 4.57 Å². The number of phenolic OH excluding ortho intramolecular Hbond substituents is 2. The fraction of sp³-hybridized carbons (Fsp3) is 0.312. The molecule has 2 aliphatic rings. The molecule has 0 saturated carbocycles. The van der Waals surface area contributed by atoms with Gasteiger partial charge in [-0.1, -0.05) is 26.5 Å². The van der Waals surface area contributed by atoms with Gasteiger partial charge in [-0.25, -0.2) is 13.6 Å². The number of ether oxygens (including phenoxy) is 1. The number of carbonyl (C=O) groups excluding carboxylic acids is 1. The molecule has 4 heterocycles. The Morgan fingerprint density at radius 2 is 1.84 bits per heavy atom. The Morgan fingerprint density at radius 3 is 2.50 bits per heavy atom. The van der Waals surface area contributed by atoms with Crippen LogP contribution in [0.15, 0.2) is 47.9 Å². The van der Waals surface area contributed by atoms with E-state index >= 15 is 8.78 Å². The minimum absolute atomic E-state index is 0.00967. The second kappa shape index (κ2) is 10.6. The lowest BCUT2D eigenvalue weighted by Crippen LogP contribution is -2.61. The molecule has 2 aromatic heterocycles. The number of piperazine rings is 1. The fourth-order valence-corrected chi connectivity index (χ4v) is 6.37. The molecule has 6 rings (SSSR count). The molecule has 2 unspecified atom stereocenters. The Balaban J connectivity index is 1.78. The van der Waals surface area contributed by atoms with Crippen LogP contribution < -0.4 is 15.3 Å². The molecule has 0 radical (unpaired) electrons. The Morgan fingerprint density at radius 1 is 1.14 bits per heavy atom. The molecule has 2 aliphatic heterocycles. The SMILES string of the molecule is C=CC(=O)N1CC(C)N2c3nc(=O)n(-c4c(C)ccnc4C(C)C)c4c(F)c(-c5c(O)cccc5O)c(F)c(c34)OCC2C1. The van der Waals surface area contributed by atoms with Crippen molar-refractivity contribution in [2.75, 3.05) is 24.6 Å². The van der Waals surface area contributed by atoms with E-state index in [2.05, 4.69) is 16.5 Å². The number of amides is 1. The second-order valence-corrected chi connectivity index (χ2v) is 11.5. The molecule has 1 fully saturated rings. The van der Waals surface area contributed by atoms with Crippen molar-refractivity contribution >= 4 is 22.6 Å². The van der Waals surface area contributed by atoms with E-state index in [1.165, 1.54) is 24.3 Å². The van der Waals surface area contributed by atoms with E-state index in [0.29, 0.717) is 11.3 Å². The van der Waals surface area contributed by atoms with Gasteiger partial charge in [-0.3, -0.25) is 14.3 Å². The Bertz CT molecular complexity index is 1900. The van der Waals surface area contributed by atoms with Crippen molar-refractivity contribution in [3.8, 4) is 34.1 Å². The summed E-state index contributed by atoms with van der Waals surface area (Å²) in [5, 5.41) is 21.3. The first kappa shape index (κ1) is 29.1. The van der Waals surface area contributed by atoms with E-state index in [-0.39, 0.29) is 53.9 Å². The van der Waals surface area contributed by atoms with E-state index < -0.39 is 57.8 Å². The van der Waals surface area contributed by atoms with Crippen LogP contribution in [0.4, 0.5) is 14.6 Å². The number of aromatic hydroxyl groups is 2. The predicted octanol–water partition coefficient (Wildman–Crippen LogP) is 4.55. The number of hydrogen-bond acceptors (Lipinski definition) is 8. The molecule has 228 valence electrons. The normalized spacial score (nSPS) is 17.8. The van der Waals surface area contributed by atoms with Gasteiger partial charge in [0.05, 0.1) is 33.9 Å². The maximum atomic E-state index is 17.1. The van der Waals surface area contributed by atoms with Crippen molar-refractivity contribution in [1.29, 1.82) is 0 Å². The van der Waals surface area contributed by atoms with Crippen LogP contribution in [0.2, 0.25) is 0 Å². The van der Waals surface area contributed by atoms with Crippen molar-refractivity contribution in [2.24, 2.45) is 0 Å². The quantitative estimate of drug-likeness (QED) is 0.326. The van der Waals surface area contributed by atoms with Gasteiger partial charge >= 0.3 is 5.69 Å². The molecule has 44 heavy (non-hydrogen) atoms. The van der Waals surface area contributed by atoms with Crippen LogP contribution in [0.5, 0.6) is 17.2 Å². The highest BCUT2D eigenvalue weighted by molar-refractivity contribution is 6.01. The Kier molecular flexibility index (Phi) is 7.02. The standard InChI is InChI=1S/C32H31F2N5O5/c1-6-21(42)37-12-17(5)38-18(13-37)14-44-30-24-29(25(33)23(26(30)34)22-19(40)8-7-9-20(22)41)39(32(43)36-31(24)38)28-16(4)10-11-35-27(28)15(2)3/h6-11,15,17-18,40-41H,1,12-14H2,2-5H3. The van der Waals surface area contributed by atoms with Crippen molar-refractivity contribution in [3.63, 3.8) is 0 Å². The number of pyridine rings is 1. The summed E-state index contributed by atoms with van der Waals surface area (Å²) in [4.78, 5) is 38.9. The lowest BCUT2D eigenvalue weighted by Gasteiger charge is -2.45. The maximum absolute atomic E-state index is 17.1. The number of nitrogens with zero attached hydrogens (tertiary/aromatic N) is 5. The maximum Gasteiger partial charge on any atom is 0.354 e. The van der Waals surface area contributed by atoms with Gasteiger partial charge in [0.25, 0.3) is 0 Å². The number of rotatable bonds is 4. The van der Waals surface area contributed by atoms with Crippen molar-refractivity contribution < 1.29 is 28.5 Å². The summed E-state index contributed by atoms with van der Waals surface area (Å²) < 4.78 is 41.0. The average molecular weight is 604 g/mol. The summed E-state index contributed by atoms with van der Waals surface area (Å²) in [6.45, 7) is 11.2. The lowest BCUT2D eigenvalue weighted by molar-refractivity contribution is -0.127. The van der Waals surface area contributed by atoms with Gasteiger partial charge in [0.1, 0.15) is 29.4 Å². The summed E-state index contributed by atoms with van der Waals surface area (Å²) in [6, 6.07) is 4.40. The van der Waals surface area contributed by atoms with Crippen LogP contribution in [0.25, 0.3) is 27.7 Å². The number of aryl methyl sites for hydroxylation is 1. The molecule has 0 bridgehead atoms. The number of fused-ring (bicyclic) bond motifs is 2. The molecular formula is C32H31F2N5O5. The molecule has 1 amide bonds. The highest BCUT2D eigenvalue weighted by Gasteiger charge is 2.41. The van der Waals surface area contributed by atoms with Crippen molar-refractivity contribution in [2.45, 2.75) is 45.7 Å². The topological polar surface area (TPSA) is 121 Å². The van der Waals surface area contributed by atoms with Crippen molar-refractivity contribution in [3.05, 3.63) is 76.5 Å². The monoisotopic (exact) mass is 603 g/mol.